The molecule has 42 heavy (non-hydrogen) atoms. The molecule has 0 bridgehead atoms. The maximum absolute atomic E-state index is 13.7. The molecule has 3 aromatic rings. The number of ether oxygens (including phenoxy) is 4. The van der Waals surface area contributed by atoms with Crippen molar-refractivity contribution in [1.82, 2.24) is 4.98 Å². The fraction of sp³-hybridized carbons (Fsp3) is 0.355. The number of carbonyl (C=O) groups excluding carboxylic acids is 3. The Morgan fingerprint density at radius 1 is 1.07 bits per heavy atom. The summed E-state index contributed by atoms with van der Waals surface area (Å²) in [7, 11) is 0. The maximum atomic E-state index is 13.7. The Hall–Kier alpha value is -4.38. The highest BCUT2D eigenvalue weighted by atomic mass is 32.1. The van der Waals surface area contributed by atoms with Gasteiger partial charge in [-0.15, -0.1) is 0 Å². The number of rotatable bonds is 9. The second kappa shape index (κ2) is 11.8. The van der Waals surface area contributed by atoms with E-state index >= 15 is 0 Å². The van der Waals surface area contributed by atoms with Gasteiger partial charge in [0.1, 0.15) is 22.5 Å². The molecule has 2 aliphatic rings. The van der Waals surface area contributed by atoms with Crippen LogP contribution < -0.4 is 19.1 Å². The van der Waals surface area contributed by atoms with Gasteiger partial charge in [-0.2, -0.15) is 0 Å². The number of thiazole rings is 1. The molecule has 2 unspecified atom stereocenters. The number of esters is 1. The van der Waals surface area contributed by atoms with E-state index < -0.39 is 23.7 Å². The van der Waals surface area contributed by atoms with Gasteiger partial charge in [-0.3, -0.25) is 14.5 Å². The minimum Gasteiger partial charge on any atom is -0.507 e. The molecular formula is C31H32N2O8S. The van der Waals surface area contributed by atoms with E-state index in [1.807, 2.05) is 20.8 Å². The van der Waals surface area contributed by atoms with Crippen molar-refractivity contribution in [3.05, 3.63) is 69.2 Å². The number of aliphatic hydroxyl groups excluding tert-OH is 1. The number of Topliss-reactive ketones (excluding diaryl/α,β-unsaturated/α-hetero) is 1. The summed E-state index contributed by atoms with van der Waals surface area (Å²) in [4.78, 5) is 45.8. The lowest BCUT2D eigenvalue weighted by Gasteiger charge is -2.24. The standard InChI is InChI=1S/C31H32N2O8S/c1-6-38-22-12-9-18(15-23(22)39-7-2)25-24(26(34)19-10-11-21-20(14-19)13-16(4)41-21)27(35)29(36)33(25)31-32-17(5)28(42-31)30(37)40-8-3/h9-12,14-16,25,34H,6-8,13H2,1-5H3/b26-24-. The van der Waals surface area contributed by atoms with Crippen LogP contribution in [0.4, 0.5) is 5.13 Å². The van der Waals surface area contributed by atoms with E-state index in [0.717, 1.165) is 16.9 Å². The molecule has 2 aromatic carbocycles. The Balaban J connectivity index is 1.69. The molecule has 0 saturated carbocycles. The van der Waals surface area contributed by atoms with E-state index in [9.17, 15) is 19.5 Å². The largest absolute Gasteiger partial charge is 0.507 e. The predicted molar refractivity (Wildman–Crippen MR) is 157 cm³/mol. The molecule has 1 amide bonds. The monoisotopic (exact) mass is 592 g/mol. The molecule has 5 rings (SSSR count). The van der Waals surface area contributed by atoms with Crippen LogP contribution in [0.3, 0.4) is 0 Å². The molecule has 2 aliphatic heterocycles. The molecule has 0 aliphatic carbocycles. The van der Waals surface area contributed by atoms with E-state index in [-0.39, 0.29) is 34.1 Å². The number of benzene rings is 2. The lowest BCUT2D eigenvalue weighted by molar-refractivity contribution is -0.132. The zero-order chi connectivity index (χ0) is 30.1. The average Bonchev–Trinajstić information content (AvgIpc) is 3.61. The summed E-state index contributed by atoms with van der Waals surface area (Å²) >= 11 is 0.951. The number of aromatic nitrogens is 1. The first-order valence-corrected chi connectivity index (χ1v) is 14.6. The second-order valence-corrected chi connectivity index (χ2v) is 10.8. The van der Waals surface area contributed by atoms with Crippen molar-refractivity contribution >= 4 is 39.9 Å². The molecule has 220 valence electrons. The van der Waals surface area contributed by atoms with E-state index in [4.69, 9.17) is 18.9 Å². The minimum absolute atomic E-state index is 0.00875. The highest BCUT2D eigenvalue weighted by Crippen LogP contribution is 2.46. The van der Waals surface area contributed by atoms with Gasteiger partial charge in [-0.1, -0.05) is 17.4 Å². The van der Waals surface area contributed by atoms with Crippen molar-refractivity contribution < 1.29 is 38.4 Å². The highest BCUT2D eigenvalue weighted by molar-refractivity contribution is 7.17. The van der Waals surface area contributed by atoms with Crippen LogP contribution in [-0.4, -0.2) is 53.7 Å². The lowest BCUT2D eigenvalue weighted by Crippen LogP contribution is -2.29. The lowest BCUT2D eigenvalue weighted by atomic mass is 9.94. The first-order valence-electron chi connectivity index (χ1n) is 13.8. The highest BCUT2D eigenvalue weighted by Gasteiger charge is 2.49. The summed E-state index contributed by atoms with van der Waals surface area (Å²) in [6, 6.07) is 9.23. The van der Waals surface area contributed by atoms with Crippen molar-refractivity contribution in [3.8, 4) is 17.2 Å². The Morgan fingerprint density at radius 2 is 1.81 bits per heavy atom. The third-order valence-electron chi connectivity index (χ3n) is 6.95. The van der Waals surface area contributed by atoms with Gasteiger partial charge in [-0.05, 0) is 76.1 Å². The number of aliphatic hydroxyl groups is 1. The number of nitrogens with zero attached hydrogens (tertiary/aromatic N) is 2. The molecule has 2 atom stereocenters. The topological polar surface area (TPSA) is 124 Å². The van der Waals surface area contributed by atoms with Gasteiger partial charge in [0, 0.05) is 12.0 Å². The number of ketones is 1. The van der Waals surface area contributed by atoms with Crippen molar-refractivity contribution in [1.29, 1.82) is 0 Å². The quantitative estimate of drug-likeness (QED) is 0.151. The van der Waals surface area contributed by atoms with Crippen LogP contribution in [0.15, 0.2) is 42.0 Å². The first-order chi connectivity index (χ1) is 20.2. The van der Waals surface area contributed by atoms with Gasteiger partial charge in [0.15, 0.2) is 16.6 Å². The van der Waals surface area contributed by atoms with E-state index in [1.54, 1.807) is 50.2 Å². The van der Waals surface area contributed by atoms with Crippen molar-refractivity contribution in [2.75, 3.05) is 24.7 Å². The molecule has 1 fully saturated rings. The second-order valence-electron chi connectivity index (χ2n) is 9.83. The van der Waals surface area contributed by atoms with Crippen molar-refractivity contribution in [2.24, 2.45) is 0 Å². The van der Waals surface area contributed by atoms with Crippen LogP contribution in [0, 0.1) is 6.92 Å². The number of hydrogen-bond donors (Lipinski definition) is 1. The molecule has 1 aromatic heterocycles. The minimum atomic E-state index is -1.07. The first kappa shape index (κ1) is 29.1. The fourth-order valence-electron chi connectivity index (χ4n) is 5.18. The van der Waals surface area contributed by atoms with Gasteiger partial charge >= 0.3 is 11.9 Å². The van der Waals surface area contributed by atoms with Crippen molar-refractivity contribution in [2.45, 2.75) is 53.2 Å². The van der Waals surface area contributed by atoms with Gasteiger partial charge in [0.25, 0.3) is 5.78 Å². The van der Waals surface area contributed by atoms with Crippen LogP contribution in [0.2, 0.25) is 0 Å². The smallest absolute Gasteiger partial charge is 0.350 e. The zero-order valence-corrected chi connectivity index (χ0v) is 24.9. The Bertz CT molecular complexity index is 1590. The van der Waals surface area contributed by atoms with Crippen LogP contribution in [-0.2, 0) is 20.7 Å². The molecule has 10 nitrogen and oxygen atoms in total. The maximum Gasteiger partial charge on any atom is 0.350 e. The van der Waals surface area contributed by atoms with E-state index in [1.165, 1.54) is 4.90 Å². The van der Waals surface area contributed by atoms with Gasteiger partial charge in [0.2, 0.25) is 0 Å². The Kier molecular flexibility index (Phi) is 8.22. The van der Waals surface area contributed by atoms with E-state index in [0.29, 0.717) is 53.7 Å². The fourth-order valence-corrected chi connectivity index (χ4v) is 6.17. The summed E-state index contributed by atoms with van der Waals surface area (Å²) < 4.78 is 22.5. The van der Waals surface area contributed by atoms with Crippen LogP contribution >= 0.6 is 11.3 Å². The van der Waals surface area contributed by atoms with Gasteiger partial charge < -0.3 is 24.1 Å². The number of fused-ring (bicyclic) bond motifs is 1. The van der Waals surface area contributed by atoms with Gasteiger partial charge in [-0.25, -0.2) is 9.78 Å². The third-order valence-corrected chi connectivity index (χ3v) is 8.09. The van der Waals surface area contributed by atoms with Crippen molar-refractivity contribution in [3.63, 3.8) is 0 Å². The number of amides is 1. The molecule has 11 heteroatoms. The summed E-state index contributed by atoms with van der Waals surface area (Å²) in [5.74, 6) is -1.00. The third kappa shape index (κ3) is 5.20. The molecule has 1 saturated heterocycles. The van der Waals surface area contributed by atoms with Crippen LogP contribution in [0.5, 0.6) is 17.2 Å². The average molecular weight is 593 g/mol. The summed E-state index contributed by atoms with van der Waals surface area (Å²) in [6.07, 6.45) is 0.644. The van der Waals surface area contributed by atoms with E-state index in [2.05, 4.69) is 4.98 Å². The van der Waals surface area contributed by atoms with Gasteiger partial charge in [0.05, 0.1) is 37.1 Å². The van der Waals surface area contributed by atoms with Crippen LogP contribution in [0.1, 0.15) is 65.8 Å². The molecule has 0 radical (unpaired) electrons. The molecule has 3 heterocycles. The molecule has 1 N–H and O–H groups in total. The Morgan fingerprint density at radius 3 is 2.52 bits per heavy atom. The van der Waals surface area contributed by atoms with Crippen LogP contribution in [0.25, 0.3) is 5.76 Å². The predicted octanol–water partition coefficient (Wildman–Crippen LogP) is 5.38. The zero-order valence-electron chi connectivity index (χ0n) is 24.1. The molecular weight excluding hydrogens is 560 g/mol. The molecule has 0 spiro atoms. The summed E-state index contributed by atoms with van der Waals surface area (Å²) in [5.41, 5.74) is 2.03. The number of aryl methyl sites for hydroxylation is 1. The summed E-state index contributed by atoms with van der Waals surface area (Å²) in [5, 5.41) is 11.8. The Labute approximate surface area is 247 Å². The summed E-state index contributed by atoms with van der Waals surface area (Å²) in [6.45, 7) is 9.91. The normalized spacial score (nSPS) is 19.0. The SMILES string of the molecule is CCOC(=O)c1sc(N2C(=O)C(=O)/C(=C(\O)c3ccc4c(c3)CC(C)O4)C2c2ccc(OCC)c(OCC)c2)nc1C. The number of hydrogen-bond acceptors (Lipinski definition) is 10. The number of carbonyl (C=O) groups is 3. The number of anilines is 1.